The molecule has 0 saturated heterocycles. The van der Waals surface area contributed by atoms with Gasteiger partial charge >= 0.3 is 51.4 Å². The molecule has 0 aliphatic heterocycles. The Labute approximate surface area is 106 Å². The second kappa shape index (κ2) is 4.99. The van der Waals surface area contributed by atoms with Gasteiger partial charge in [-0.1, -0.05) is 10.3 Å². The minimum atomic E-state index is -1.18. The topological polar surface area (TPSA) is 79.0 Å². The summed E-state index contributed by atoms with van der Waals surface area (Å²) < 4.78 is 4.26. The summed E-state index contributed by atoms with van der Waals surface area (Å²) in [5.41, 5.74) is 0.809. The van der Waals surface area contributed by atoms with Crippen molar-refractivity contribution >= 4 is 5.97 Å². The molecular weight excluding hydrogens is 175 g/mol. The molecule has 1 heterocycles. The van der Waals surface area contributed by atoms with Crippen molar-refractivity contribution in [2.45, 2.75) is 13.3 Å². The molecule has 1 aromatic heterocycles. The first-order chi connectivity index (χ1) is 4.70. The van der Waals surface area contributed by atoms with Gasteiger partial charge < -0.3 is 9.90 Å². The molecule has 0 N–H and O–H groups in total. The summed E-state index contributed by atoms with van der Waals surface area (Å²) in [7, 11) is 0. The van der Waals surface area contributed by atoms with Gasteiger partial charge in [0.2, 0.25) is 0 Å². The molecule has 6 heteroatoms. The smallest absolute Gasteiger partial charge is 0.550 e. The van der Waals surface area contributed by atoms with Crippen LogP contribution < -0.4 is 56.5 Å². The van der Waals surface area contributed by atoms with Gasteiger partial charge in [-0.05, 0) is 6.92 Å². The Balaban J connectivity index is 0.000001000. The van der Waals surface area contributed by atoms with Crippen LogP contribution in [0.3, 0.4) is 0 Å². The predicted molar refractivity (Wildman–Crippen MR) is 27.7 cm³/mol. The van der Waals surface area contributed by atoms with Crippen LogP contribution in [0.1, 0.15) is 11.4 Å². The van der Waals surface area contributed by atoms with E-state index in [0.717, 1.165) is 0 Å². The van der Waals surface area contributed by atoms with Crippen LogP contribution in [0, 0.1) is 6.92 Å². The Morgan fingerprint density at radius 2 is 2.27 bits per heavy atom. The Bertz CT molecular complexity index is 248. The number of hydrogen-bond donors (Lipinski definition) is 0. The number of aliphatic carboxylic acids is 1. The van der Waals surface area contributed by atoms with Gasteiger partial charge in [-0.3, -0.25) is 0 Å². The third-order valence-corrected chi connectivity index (χ3v) is 1.06. The zero-order valence-corrected chi connectivity index (χ0v) is 9.45. The van der Waals surface area contributed by atoms with Crippen molar-refractivity contribution in [3.8, 4) is 0 Å². The van der Waals surface area contributed by atoms with E-state index in [9.17, 15) is 9.90 Å². The average molecular weight is 180 g/mol. The van der Waals surface area contributed by atoms with E-state index in [4.69, 9.17) is 0 Å². The van der Waals surface area contributed by atoms with Crippen molar-refractivity contribution in [1.29, 1.82) is 0 Å². The second-order valence-corrected chi connectivity index (χ2v) is 1.85. The maximum absolute atomic E-state index is 10.00. The van der Waals surface area contributed by atoms with E-state index in [-0.39, 0.29) is 57.8 Å². The van der Waals surface area contributed by atoms with Crippen molar-refractivity contribution in [3.05, 3.63) is 11.4 Å². The average Bonchev–Trinajstić information content (AvgIpc) is 2.15. The summed E-state index contributed by atoms with van der Waals surface area (Å²) in [6.07, 6.45) is -0.241. The standard InChI is InChI=1S/C5H6N2O3.K/c1-3-4(2-5(8)9)7-10-6-3;/h2H2,1H3,(H,8,9);/q;+1/p-1. The number of hydrogen-bond acceptors (Lipinski definition) is 5. The van der Waals surface area contributed by atoms with Gasteiger partial charge in [0, 0.05) is 12.4 Å². The number of carbonyl (C=O) groups is 1. The number of rotatable bonds is 2. The van der Waals surface area contributed by atoms with Gasteiger partial charge in [-0.25, -0.2) is 4.63 Å². The van der Waals surface area contributed by atoms with Crippen LogP contribution in [-0.4, -0.2) is 16.3 Å². The molecule has 54 valence electrons. The molecule has 1 aromatic rings. The Morgan fingerprint density at radius 1 is 1.64 bits per heavy atom. The van der Waals surface area contributed by atoms with Crippen LogP contribution in [0.2, 0.25) is 0 Å². The van der Waals surface area contributed by atoms with Crippen molar-refractivity contribution in [2.24, 2.45) is 0 Å². The van der Waals surface area contributed by atoms with Crippen LogP contribution >= 0.6 is 0 Å². The monoisotopic (exact) mass is 180 g/mol. The summed E-state index contributed by atoms with van der Waals surface area (Å²) in [4.78, 5) is 10.00. The van der Waals surface area contributed by atoms with Crippen LogP contribution in [0.5, 0.6) is 0 Å². The summed E-state index contributed by atoms with van der Waals surface area (Å²) >= 11 is 0. The summed E-state index contributed by atoms with van der Waals surface area (Å²) in [5, 5.41) is 16.7. The molecule has 0 bridgehead atoms. The fourth-order valence-electron chi connectivity index (χ4n) is 0.547. The minimum absolute atomic E-state index is 0. The summed E-state index contributed by atoms with van der Waals surface area (Å²) in [5.74, 6) is -1.18. The van der Waals surface area contributed by atoms with Gasteiger partial charge in [0.15, 0.2) is 0 Å². The molecule has 0 aromatic carbocycles. The molecule has 1 rings (SSSR count). The number of aryl methyl sites for hydroxylation is 1. The van der Waals surface area contributed by atoms with Crippen LogP contribution in [-0.2, 0) is 11.2 Å². The number of nitrogens with zero attached hydrogens (tertiary/aromatic N) is 2. The first-order valence-corrected chi connectivity index (χ1v) is 2.68. The first-order valence-electron chi connectivity index (χ1n) is 2.68. The molecule has 5 nitrogen and oxygen atoms in total. The van der Waals surface area contributed by atoms with Gasteiger partial charge in [-0.15, -0.1) is 0 Å². The SMILES string of the molecule is Cc1nonc1CC(=O)[O-].[K+]. The quantitative estimate of drug-likeness (QED) is 0.430. The molecule has 0 spiro atoms. The molecule has 0 unspecified atom stereocenters. The molecule has 0 amide bonds. The van der Waals surface area contributed by atoms with Crippen LogP contribution in [0.25, 0.3) is 0 Å². The van der Waals surface area contributed by atoms with Gasteiger partial charge in [0.1, 0.15) is 11.4 Å². The largest absolute Gasteiger partial charge is 1.00 e. The maximum Gasteiger partial charge on any atom is 1.00 e. The normalized spacial score (nSPS) is 8.82. The van der Waals surface area contributed by atoms with Crippen molar-refractivity contribution < 1.29 is 65.9 Å². The van der Waals surface area contributed by atoms with Crippen molar-refractivity contribution in [2.75, 3.05) is 0 Å². The van der Waals surface area contributed by atoms with Gasteiger partial charge in [0.05, 0.1) is 0 Å². The van der Waals surface area contributed by atoms with E-state index < -0.39 is 5.97 Å². The Morgan fingerprint density at radius 3 is 2.64 bits per heavy atom. The third-order valence-electron chi connectivity index (χ3n) is 1.06. The van der Waals surface area contributed by atoms with Crippen LogP contribution in [0.15, 0.2) is 4.63 Å². The Hall–Kier alpha value is 0.246. The molecule has 0 aliphatic rings. The number of aromatic nitrogens is 2. The summed E-state index contributed by atoms with van der Waals surface area (Å²) in [6.45, 7) is 1.62. The van der Waals surface area contributed by atoms with E-state index in [1.54, 1.807) is 6.92 Å². The fraction of sp³-hybridized carbons (Fsp3) is 0.400. The fourth-order valence-corrected chi connectivity index (χ4v) is 0.547. The molecule has 11 heavy (non-hydrogen) atoms. The van der Waals surface area contributed by atoms with E-state index in [1.165, 1.54) is 0 Å². The van der Waals surface area contributed by atoms with E-state index in [1.807, 2.05) is 0 Å². The van der Waals surface area contributed by atoms with Crippen molar-refractivity contribution in [1.82, 2.24) is 10.3 Å². The number of carbonyl (C=O) groups excluding carboxylic acids is 1. The Kier molecular flexibility index (Phi) is 5.10. The zero-order valence-electron chi connectivity index (χ0n) is 6.33. The van der Waals surface area contributed by atoms with Crippen molar-refractivity contribution in [3.63, 3.8) is 0 Å². The second-order valence-electron chi connectivity index (χ2n) is 1.85. The predicted octanol–water partition coefficient (Wildman–Crippen LogP) is -4.33. The van der Waals surface area contributed by atoms with Crippen LogP contribution in [0.4, 0.5) is 0 Å². The third kappa shape index (κ3) is 3.43. The van der Waals surface area contributed by atoms with E-state index >= 15 is 0 Å². The number of carboxylic acids is 1. The first kappa shape index (κ1) is 11.2. The maximum atomic E-state index is 10.00. The molecule has 0 fully saturated rings. The molecule has 0 radical (unpaired) electrons. The van der Waals surface area contributed by atoms with Gasteiger partial charge in [0.25, 0.3) is 0 Å². The van der Waals surface area contributed by atoms with Gasteiger partial charge in [-0.2, -0.15) is 0 Å². The van der Waals surface area contributed by atoms with E-state index in [2.05, 4.69) is 14.9 Å². The molecule has 0 saturated carbocycles. The zero-order chi connectivity index (χ0) is 7.56. The molecular formula is C5H5KN2O3. The number of carboxylic acid groups (broad SMARTS) is 1. The van der Waals surface area contributed by atoms with E-state index in [0.29, 0.717) is 11.4 Å². The minimum Gasteiger partial charge on any atom is -0.550 e. The molecule has 0 aliphatic carbocycles. The summed E-state index contributed by atoms with van der Waals surface area (Å²) in [6, 6.07) is 0. The molecule has 0 atom stereocenters.